The fraction of sp³-hybridized carbons (Fsp3) is 0. The highest BCUT2D eigenvalue weighted by Gasteiger charge is 2.06. The number of hydrogen-bond acceptors (Lipinski definition) is 3. The summed E-state index contributed by atoms with van der Waals surface area (Å²) < 4.78 is 5.48. The van der Waals surface area contributed by atoms with Crippen LogP contribution in [0, 0.1) is 4.71 Å². The fourth-order valence-electron chi connectivity index (χ4n) is 1.21. The number of para-hydroxylation sites is 1. The number of carbonyl (C=O) groups is 1. The van der Waals surface area contributed by atoms with E-state index in [1.807, 2.05) is 18.2 Å². The first-order valence-electron chi connectivity index (χ1n) is 3.94. The van der Waals surface area contributed by atoms with Gasteiger partial charge in [0.2, 0.25) is 9.82 Å². The molecule has 0 N–H and O–H groups in total. The number of carbonyl (C=O) groups excluding carboxylic acids is 1. The van der Waals surface area contributed by atoms with Crippen molar-refractivity contribution in [3.63, 3.8) is 0 Å². The highest BCUT2D eigenvalue weighted by Crippen LogP contribution is 2.18. The van der Waals surface area contributed by atoms with E-state index >= 15 is 0 Å². The molecule has 1 aromatic heterocycles. The van der Waals surface area contributed by atoms with Crippen molar-refractivity contribution in [1.29, 1.82) is 0 Å². The summed E-state index contributed by atoms with van der Waals surface area (Å²) in [6.07, 6.45) is 0. The normalized spacial score (nSPS) is 10.4. The van der Waals surface area contributed by atoms with Crippen LogP contribution in [0.3, 0.4) is 0 Å². The fourth-order valence-corrected chi connectivity index (χ4v) is 1.69. The van der Waals surface area contributed by atoms with E-state index < -0.39 is 0 Å². The standard InChI is InChI=1S/C10H6O2S2/c11-9(13)7-5-6-3-1-2-4-8(6)12-10(7)14/h1-5H,(H,11,13). The lowest BCUT2D eigenvalue weighted by Crippen LogP contribution is -1.90. The third-order valence-electron chi connectivity index (χ3n) is 1.87. The van der Waals surface area contributed by atoms with E-state index in [0.29, 0.717) is 11.1 Å². The Kier molecular flexibility index (Phi) is 2.39. The molecule has 0 saturated carbocycles. The van der Waals surface area contributed by atoms with Gasteiger partial charge in [-0.15, -0.1) is 12.6 Å². The van der Waals surface area contributed by atoms with Gasteiger partial charge in [-0.25, -0.2) is 0 Å². The predicted molar refractivity (Wildman–Crippen MR) is 60.4 cm³/mol. The van der Waals surface area contributed by atoms with Gasteiger partial charge in [-0.05, 0) is 24.4 Å². The van der Waals surface area contributed by atoms with Crippen molar-refractivity contribution < 1.29 is 9.21 Å². The summed E-state index contributed by atoms with van der Waals surface area (Å²) in [6.45, 7) is 0. The van der Waals surface area contributed by atoms with Gasteiger partial charge in [-0.1, -0.05) is 18.2 Å². The van der Waals surface area contributed by atoms with Crippen molar-refractivity contribution in [3.8, 4) is 0 Å². The quantitative estimate of drug-likeness (QED) is 0.593. The van der Waals surface area contributed by atoms with E-state index in [-0.39, 0.29) is 9.82 Å². The third kappa shape index (κ3) is 1.58. The third-order valence-corrected chi connectivity index (χ3v) is 2.42. The van der Waals surface area contributed by atoms with Crippen LogP contribution in [0.25, 0.3) is 11.0 Å². The Labute approximate surface area is 91.0 Å². The van der Waals surface area contributed by atoms with Crippen molar-refractivity contribution in [3.05, 3.63) is 40.6 Å². The van der Waals surface area contributed by atoms with Gasteiger partial charge in [0.05, 0.1) is 5.56 Å². The van der Waals surface area contributed by atoms with Gasteiger partial charge in [0, 0.05) is 5.39 Å². The molecular formula is C10H6O2S2. The SMILES string of the molecule is O=C(S)c1cc2ccccc2oc1=S. The van der Waals surface area contributed by atoms with E-state index in [0.717, 1.165) is 5.39 Å². The van der Waals surface area contributed by atoms with Crippen LogP contribution in [-0.2, 0) is 0 Å². The van der Waals surface area contributed by atoms with E-state index in [1.165, 1.54) is 0 Å². The molecule has 0 spiro atoms. The molecule has 2 rings (SSSR count). The zero-order valence-electron chi connectivity index (χ0n) is 7.06. The minimum atomic E-state index is -0.371. The second-order valence-corrected chi connectivity index (χ2v) is 3.57. The van der Waals surface area contributed by atoms with E-state index in [2.05, 4.69) is 12.6 Å². The van der Waals surface area contributed by atoms with Gasteiger partial charge in [0.25, 0.3) is 0 Å². The molecule has 0 amide bonds. The number of fused-ring (bicyclic) bond motifs is 1. The lowest BCUT2D eigenvalue weighted by molar-refractivity contribution is 0.108. The maximum Gasteiger partial charge on any atom is 0.221 e. The molecule has 0 fully saturated rings. The van der Waals surface area contributed by atoms with Crippen molar-refractivity contribution >= 4 is 40.9 Å². The topological polar surface area (TPSA) is 30.2 Å². The number of thiol groups is 1. The molecule has 0 bridgehead atoms. The Morgan fingerprint density at radius 2 is 2.07 bits per heavy atom. The summed E-state index contributed by atoms with van der Waals surface area (Å²) in [6, 6.07) is 9.07. The summed E-state index contributed by atoms with van der Waals surface area (Å²) in [5.41, 5.74) is 1.01. The summed E-state index contributed by atoms with van der Waals surface area (Å²) in [5, 5.41) is 0.475. The summed E-state index contributed by atoms with van der Waals surface area (Å²) in [4.78, 5) is 11.0. The maximum atomic E-state index is 11.0. The highest BCUT2D eigenvalue weighted by atomic mass is 32.1. The number of benzene rings is 1. The van der Waals surface area contributed by atoms with Crippen molar-refractivity contribution in [2.75, 3.05) is 0 Å². The van der Waals surface area contributed by atoms with Gasteiger partial charge < -0.3 is 4.42 Å². The summed E-state index contributed by atoms with van der Waals surface area (Å²) in [7, 11) is 0. The molecule has 1 aromatic carbocycles. The number of rotatable bonds is 1. The predicted octanol–water partition coefficient (Wildman–Crippen LogP) is 3.23. The molecule has 0 unspecified atom stereocenters. The Balaban J connectivity index is 2.84. The minimum absolute atomic E-state index is 0.184. The van der Waals surface area contributed by atoms with E-state index in [4.69, 9.17) is 16.6 Å². The van der Waals surface area contributed by atoms with Crippen LogP contribution in [0.1, 0.15) is 10.4 Å². The molecule has 0 radical (unpaired) electrons. The second kappa shape index (κ2) is 3.55. The second-order valence-electron chi connectivity index (χ2n) is 2.79. The van der Waals surface area contributed by atoms with Crippen molar-refractivity contribution in [2.24, 2.45) is 0 Å². The van der Waals surface area contributed by atoms with Crippen molar-refractivity contribution in [1.82, 2.24) is 0 Å². The Morgan fingerprint density at radius 3 is 2.79 bits per heavy atom. The monoisotopic (exact) mass is 222 g/mol. The minimum Gasteiger partial charge on any atom is -0.444 e. The van der Waals surface area contributed by atoms with Gasteiger partial charge in [-0.3, -0.25) is 4.79 Å². The molecular weight excluding hydrogens is 216 g/mol. The molecule has 0 atom stereocenters. The average molecular weight is 222 g/mol. The Morgan fingerprint density at radius 1 is 1.36 bits per heavy atom. The Hall–Kier alpha value is -1.13. The van der Waals surface area contributed by atoms with Gasteiger partial charge in [0.15, 0.2) is 0 Å². The molecule has 1 heterocycles. The van der Waals surface area contributed by atoms with E-state index in [9.17, 15) is 4.79 Å². The van der Waals surface area contributed by atoms with Crippen LogP contribution < -0.4 is 0 Å². The molecule has 4 heteroatoms. The zero-order chi connectivity index (χ0) is 10.1. The molecule has 0 aliphatic rings. The molecule has 14 heavy (non-hydrogen) atoms. The van der Waals surface area contributed by atoms with Crippen LogP contribution in [0.5, 0.6) is 0 Å². The van der Waals surface area contributed by atoms with Crippen LogP contribution in [0.2, 0.25) is 0 Å². The largest absolute Gasteiger partial charge is 0.444 e. The lowest BCUT2D eigenvalue weighted by atomic mass is 10.2. The van der Waals surface area contributed by atoms with Gasteiger partial charge in [-0.2, -0.15) is 0 Å². The highest BCUT2D eigenvalue weighted by molar-refractivity contribution is 7.97. The summed E-state index contributed by atoms with van der Waals surface area (Å²) >= 11 is 8.64. The first-order valence-corrected chi connectivity index (χ1v) is 4.80. The van der Waals surface area contributed by atoms with E-state index in [1.54, 1.807) is 12.1 Å². The molecule has 70 valence electrons. The molecule has 2 aromatic rings. The molecule has 0 aliphatic carbocycles. The molecule has 2 nitrogen and oxygen atoms in total. The van der Waals surface area contributed by atoms with Gasteiger partial charge in [0.1, 0.15) is 5.58 Å². The summed E-state index contributed by atoms with van der Waals surface area (Å²) in [5.74, 6) is 0. The first kappa shape index (κ1) is 9.43. The van der Waals surface area contributed by atoms with Crippen molar-refractivity contribution in [2.45, 2.75) is 0 Å². The smallest absolute Gasteiger partial charge is 0.221 e. The lowest BCUT2D eigenvalue weighted by Gasteiger charge is -1.98. The van der Waals surface area contributed by atoms with Crippen LogP contribution in [-0.4, -0.2) is 5.12 Å². The van der Waals surface area contributed by atoms with Crippen LogP contribution in [0.4, 0.5) is 0 Å². The average Bonchev–Trinajstić information content (AvgIpc) is 2.16. The van der Waals surface area contributed by atoms with Crippen LogP contribution >= 0.6 is 24.8 Å². The van der Waals surface area contributed by atoms with Gasteiger partial charge >= 0.3 is 0 Å². The maximum absolute atomic E-state index is 11.0. The zero-order valence-corrected chi connectivity index (χ0v) is 8.77. The molecule has 0 aliphatic heterocycles. The first-order chi connectivity index (χ1) is 6.68. The van der Waals surface area contributed by atoms with Crippen LogP contribution in [0.15, 0.2) is 34.7 Å². The number of hydrogen-bond donors (Lipinski definition) is 1. The molecule has 0 saturated heterocycles. The Bertz CT molecular complexity index is 557.